The van der Waals surface area contributed by atoms with Crippen LogP contribution in [-0.4, -0.2) is 29.7 Å². The highest BCUT2D eigenvalue weighted by atomic mass is 16.4. The topological polar surface area (TPSA) is 78.4 Å². The highest BCUT2D eigenvalue weighted by molar-refractivity contribution is 5.74. The van der Waals surface area contributed by atoms with Gasteiger partial charge in [-0.1, -0.05) is 13.0 Å². The van der Waals surface area contributed by atoms with Crippen molar-refractivity contribution in [2.24, 2.45) is 5.92 Å². The Hall–Kier alpha value is -1.52. The van der Waals surface area contributed by atoms with E-state index >= 15 is 0 Å². The summed E-state index contributed by atoms with van der Waals surface area (Å²) in [5.74, 6) is -0.474. The van der Waals surface area contributed by atoms with E-state index in [-0.39, 0.29) is 18.5 Å². The van der Waals surface area contributed by atoms with Crippen LogP contribution in [-0.2, 0) is 4.79 Å². The molecule has 5 heteroatoms. The van der Waals surface area contributed by atoms with Crippen LogP contribution in [0.25, 0.3) is 0 Å². The molecule has 0 rings (SSSR count). The van der Waals surface area contributed by atoms with Gasteiger partial charge < -0.3 is 15.7 Å². The van der Waals surface area contributed by atoms with Crippen LogP contribution in [0.15, 0.2) is 12.7 Å². The second-order valence-electron chi connectivity index (χ2n) is 4.65. The number of hydrogen-bond donors (Lipinski definition) is 3. The third-order valence-electron chi connectivity index (χ3n) is 2.67. The Bertz CT molecular complexity index is 279. The number of urea groups is 1. The fraction of sp³-hybridized carbons (Fsp3) is 0.692. The lowest BCUT2D eigenvalue weighted by Gasteiger charge is -2.14. The molecule has 3 N–H and O–H groups in total. The second-order valence-corrected chi connectivity index (χ2v) is 4.65. The molecule has 2 unspecified atom stereocenters. The summed E-state index contributed by atoms with van der Waals surface area (Å²) in [6.45, 7) is 8.07. The van der Waals surface area contributed by atoms with E-state index in [9.17, 15) is 9.59 Å². The lowest BCUT2D eigenvalue weighted by atomic mass is 10.0. The number of nitrogens with one attached hydrogen (secondary N) is 2. The molecule has 0 bridgehead atoms. The minimum atomic E-state index is -0.772. The molecule has 0 aliphatic carbocycles. The lowest BCUT2D eigenvalue weighted by molar-refractivity contribution is -0.137. The maximum absolute atomic E-state index is 11.4. The minimum Gasteiger partial charge on any atom is -0.481 e. The SMILES string of the molecule is C=CCC(C)NC(=O)NCCC(C)CCC(=O)O. The molecule has 0 fully saturated rings. The quantitative estimate of drug-likeness (QED) is 0.553. The van der Waals surface area contributed by atoms with Crippen LogP contribution in [0.4, 0.5) is 4.79 Å². The molecule has 104 valence electrons. The van der Waals surface area contributed by atoms with Gasteiger partial charge in [0.15, 0.2) is 0 Å². The van der Waals surface area contributed by atoms with Crippen LogP contribution in [0.5, 0.6) is 0 Å². The van der Waals surface area contributed by atoms with E-state index in [2.05, 4.69) is 17.2 Å². The Labute approximate surface area is 109 Å². The average molecular weight is 256 g/mol. The second kappa shape index (κ2) is 9.50. The molecule has 0 aromatic heterocycles. The molecule has 0 aromatic carbocycles. The fourth-order valence-electron chi connectivity index (χ4n) is 1.53. The number of carboxylic acid groups (broad SMARTS) is 1. The lowest BCUT2D eigenvalue weighted by Crippen LogP contribution is -2.41. The van der Waals surface area contributed by atoms with E-state index in [0.717, 1.165) is 12.8 Å². The van der Waals surface area contributed by atoms with Crippen molar-refractivity contribution in [1.82, 2.24) is 10.6 Å². The van der Waals surface area contributed by atoms with Crippen molar-refractivity contribution in [3.05, 3.63) is 12.7 Å². The Kier molecular flexibility index (Phi) is 8.70. The molecular weight excluding hydrogens is 232 g/mol. The zero-order valence-electron chi connectivity index (χ0n) is 11.2. The van der Waals surface area contributed by atoms with Crippen LogP contribution < -0.4 is 10.6 Å². The van der Waals surface area contributed by atoms with Crippen molar-refractivity contribution >= 4 is 12.0 Å². The first kappa shape index (κ1) is 16.5. The van der Waals surface area contributed by atoms with Crippen LogP contribution in [0.1, 0.15) is 39.5 Å². The van der Waals surface area contributed by atoms with Gasteiger partial charge in [-0.25, -0.2) is 4.79 Å². The molecule has 2 amide bonds. The van der Waals surface area contributed by atoms with E-state index in [1.54, 1.807) is 6.08 Å². The predicted molar refractivity (Wildman–Crippen MR) is 71.5 cm³/mol. The van der Waals surface area contributed by atoms with Crippen LogP contribution in [0.3, 0.4) is 0 Å². The average Bonchev–Trinajstić information content (AvgIpc) is 2.26. The highest BCUT2D eigenvalue weighted by Gasteiger charge is 2.07. The van der Waals surface area contributed by atoms with Crippen molar-refractivity contribution in [3.8, 4) is 0 Å². The van der Waals surface area contributed by atoms with E-state index in [4.69, 9.17) is 5.11 Å². The summed E-state index contributed by atoms with van der Waals surface area (Å²) in [5, 5.41) is 14.1. The summed E-state index contributed by atoms with van der Waals surface area (Å²) in [6, 6.07) is -0.110. The van der Waals surface area contributed by atoms with E-state index in [1.165, 1.54) is 0 Å². The molecular formula is C13H24N2O3. The first-order valence-electron chi connectivity index (χ1n) is 6.32. The zero-order valence-corrected chi connectivity index (χ0v) is 11.2. The monoisotopic (exact) mass is 256 g/mol. The minimum absolute atomic E-state index is 0.0759. The normalized spacial score (nSPS) is 13.4. The van der Waals surface area contributed by atoms with Gasteiger partial charge in [-0.05, 0) is 32.1 Å². The van der Waals surface area contributed by atoms with Gasteiger partial charge in [-0.2, -0.15) is 0 Å². The third-order valence-corrected chi connectivity index (χ3v) is 2.67. The first-order chi connectivity index (χ1) is 8.45. The predicted octanol–water partition coefficient (Wildman–Crippen LogP) is 2.14. The Morgan fingerprint density at radius 3 is 2.56 bits per heavy atom. The van der Waals surface area contributed by atoms with Gasteiger partial charge in [0.05, 0.1) is 0 Å². The molecule has 2 atom stereocenters. The molecule has 0 radical (unpaired) electrons. The summed E-state index contributed by atoms with van der Waals surface area (Å²) in [7, 11) is 0. The summed E-state index contributed by atoms with van der Waals surface area (Å²) in [6.07, 6.45) is 4.12. The highest BCUT2D eigenvalue weighted by Crippen LogP contribution is 2.08. The number of rotatable bonds is 9. The van der Waals surface area contributed by atoms with Crippen molar-refractivity contribution in [1.29, 1.82) is 0 Å². The maximum atomic E-state index is 11.4. The Balaban J connectivity index is 3.61. The van der Waals surface area contributed by atoms with E-state index in [0.29, 0.717) is 18.9 Å². The van der Waals surface area contributed by atoms with Crippen molar-refractivity contribution in [2.75, 3.05) is 6.54 Å². The fourth-order valence-corrected chi connectivity index (χ4v) is 1.53. The standard InChI is InChI=1S/C13H24N2O3/c1-4-5-11(3)15-13(18)14-9-8-10(2)6-7-12(16)17/h4,10-11H,1,5-9H2,2-3H3,(H,16,17)(H2,14,15,18). The Morgan fingerprint density at radius 2 is 2.00 bits per heavy atom. The van der Waals surface area contributed by atoms with Crippen LogP contribution in [0.2, 0.25) is 0 Å². The van der Waals surface area contributed by atoms with Gasteiger partial charge >= 0.3 is 12.0 Å². The van der Waals surface area contributed by atoms with Gasteiger partial charge in [0, 0.05) is 19.0 Å². The molecule has 18 heavy (non-hydrogen) atoms. The number of carbonyl (C=O) groups excluding carboxylic acids is 1. The molecule has 5 nitrogen and oxygen atoms in total. The molecule has 0 saturated heterocycles. The summed E-state index contributed by atoms with van der Waals surface area (Å²) >= 11 is 0. The molecule has 0 aliphatic heterocycles. The molecule has 0 heterocycles. The summed E-state index contributed by atoms with van der Waals surface area (Å²) < 4.78 is 0. The van der Waals surface area contributed by atoms with Gasteiger partial charge in [-0.15, -0.1) is 6.58 Å². The smallest absolute Gasteiger partial charge is 0.315 e. The van der Waals surface area contributed by atoms with E-state index in [1.807, 2.05) is 13.8 Å². The van der Waals surface area contributed by atoms with Crippen molar-refractivity contribution < 1.29 is 14.7 Å². The number of carboxylic acids is 1. The summed E-state index contributed by atoms with van der Waals surface area (Å²) in [5.41, 5.74) is 0. The van der Waals surface area contributed by atoms with Crippen LogP contribution >= 0.6 is 0 Å². The third kappa shape index (κ3) is 9.69. The molecule has 0 aromatic rings. The largest absolute Gasteiger partial charge is 0.481 e. The van der Waals surface area contributed by atoms with Crippen LogP contribution in [0, 0.1) is 5.92 Å². The van der Waals surface area contributed by atoms with Crippen molar-refractivity contribution in [3.63, 3.8) is 0 Å². The number of hydrogen-bond acceptors (Lipinski definition) is 2. The molecule has 0 spiro atoms. The van der Waals surface area contributed by atoms with Gasteiger partial charge in [0.2, 0.25) is 0 Å². The summed E-state index contributed by atoms with van der Waals surface area (Å²) in [4.78, 5) is 21.8. The maximum Gasteiger partial charge on any atom is 0.315 e. The number of aliphatic carboxylic acids is 1. The molecule has 0 saturated carbocycles. The van der Waals surface area contributed by atoms with Gasteiger partial charge in [-0.3, -0.25) is 4.79 Å². The van der Waals surface area contributed by atoms with Crippen molar-refractivity contribution in [2.45, 2.75) is 45.6 Å². The number of carbonyl (C=O) groups is 2. The first-order valence-corrected chi connectivity index (χ1v) is 6.32. The zero-order chi connectivity index (χ0) is 14.0. The molecule has 0 aliphatic rings. The van der Waals surface area contributed by atoms with Gasteiger partial charge in [0.25, 0.3) is 0 Å². The number of amides is 2. The Morgan fingerprint density at radius 1 is 1.33 bits per heavy atom. The van der Waals surface area contributed by atoms with E-state index < -0.39 is 5.97 Å². The van der Waals surface area contributed by atoms with Gasteiger partial charge in [0.1, 0.15) is 0 Å².